The zero-order valence-corrected chi connectivity index (χ0v) is 14.0. The van der Waals surface area contributed by atoms with Crippen molar-refractivity contribution >= 4 is 23.3 Å². The number of pyridine rings is 1. The lowest BCUT2D eigenvalue weighted by Gasteiger charge is -2.26. The minimum absolute atomic E-state index is 0.176. The largest absolute Gasteiger partial charge is 0.393 e. The van der Waals surface area contributed by atoms with Crippen LogP contribution in [0.15, 0.2) is 12.1 Å². The molecular formula is C15H24ClN3O2. The van der Waals surface area contributed by atoms with E-state index in [9.17, 15) is 9.90 Å². The first kappa shape index (κ1) is 17.7. The first-order valence-corrected chi connectivity index (χ1v) is 7.30. The first-order chi connectivity index (χ1) is 9.60. The van der Waals surface area contributed by atoms with E-state index >= 15 is 0 Å². The van der Waals surface area contributed by atoms with Crippen LogP contribution >= 0.6 is 11.6 Å². The first-order valence-electron chi connectivity index (χ1n) is 6.92. The molecule has 118 valence electrons. The fourth-order valence-electron chi connectivity index (χ4n) is 2.14. The topological polar surface area (TPSA) is 65.5 Å². The molecule has 2 N–H and O–H groups in total. The van der Waals surface area contributed by atoms with Gasteiger partial charge in [0.25, 0.3) is 5.91 Å². The summed E-state index contributed by atoms with van der Waals surface area (Å²) in [6, 6.07) is 3.24. The van der Waals surface area contributed by atoms with Crippen LogP contribution < -0.4 is 10.2 Å². The lowest BCUT2D eigenvalue weighted by Crippen LogP contribution is -2.35. The summed E-state index contributed by atoms with van der Waals surface area (Å²) < 4.78 is 0. The van der Waals surface area contributed by atoms with Crippen LogP contribution in [-0.4, -0.2) is 42.7 Å². The SMILES string of the molecule is CC(O)CC(C)(C)CNC(=O)c1cc(Cl)nc(N(C)C)c1. The minimum atomic E-state index is -0.396. The summed E-state index contributed by atoms with van der Waals surface area (Å²) in [5, 5.41) is 12.6. The van der Waals surface area contributed by atoms with Crippen LogP contribution in [0.25, 0.3) is 0 Å². The molecule has 0 saturated heterocycles. The Balaban J connectivity index is 2.76. The van der Waals surface area contributed by atoms with E-state index < -0.39 is 6.10 Å². The smallest absolute Gasteiger partial charge is 0.251 e. The molecule has 1 rings (SSSR count). The summed E-state index contributed by atoms with van der Waals surface area (Å²) in [6.45, 7) is 6.24. The molecular weight excluding hydrogens is 290 g/mol. The number of nitrogens with zero attached hydrogens (tertiary/aromatic N) is 2. The van der Waals surface area contributed by atoms with E-state index in [4.69, 9.17) is 11.6 Å². The molecule has 1 amide bonds. The molecule has 21 heavy (non-hydrogen) atoms. The normalized spacial score (nSPS) is 12.9. The van der Waals surface area contributed by atoms with Crippen molar-refractivity contribution in [3.05, 3.63) is 22.8 Å². The number of hydrogen-bond donors (Lipinski definition) is 2. The quantitative estimate of drug-likeness (QED) is 0.791. The summed E-state index contributed by atoms with van der Waals surface area (Å²) >= 11 is 5.95. The standard InChI is InChI=1S/C15H24ClN3O2/c1-10(20)8-15(2,3)9-17-14(21)11-6-12(16)18-13(7-11)19(4)5/h6-7,10,20H,8-9H2,1-5H3,(H,17,21). The van der Waals surface area contributed by atoms with Gasteiger partial charge in [-0.05, 0) is 30.9 Å². The molecule has 0 aliphatic rings. The minimum Gasteiger partial charge on any atom is -0.393 e. The molecule has 0 spiro atoms. The highest BCUT2D eigenvalue weighted by Gasteiger charge is 2.21. The van der Waals surface area contributed by atoms with E-state index in [0.717, 1.165) is 0 Å². The van der Waals surface area contributed by atoms with Crippen molar-refractivity contribution in [2.75, 3.05) is 25.5 Å². The van der Waals surface area contributed by atoms with Gasteiger partial charge in [0.1, 0.15) is 11.0 Å². The average Bonchev–Trinajstić information content (AvgIpc) is 2.33. The van der Waals surface area contributed by atoms with Gasteiger partial charge in [-0.3, -0.25) is 4.79 Å². The molecule has 0 aliphatic carbocycles. The maximum atomic E-state index is 12.2. The van der Waals surface area contributed by atoms with E-state index in [1.54, 1.807) is 24.0 Å². The summed E-state index contributed by atoms with van der Waals surface area (Å²) in [5.41, 5.74) is 0.303. The second-order valence-electron chi connectivity index (χ2n) is 6.33. The summed E-state index contributed by atoms with van der Waals surface area (Å²) in [5.74, 6) is 0.442. The van der Waals surface area contributed by atoms with Gasteiger partial charge in [0.2, 0.25) is 0 Å². The van der Waals surface area contributed by atoms with Gasteiger partial charge in [-0.2, -0.15) is 0 Å². The second kappa shape index (κ2) is 7.09. The van der Waals surface area contributed by atoms with Crippen LogP contribution in [-0.2, 0) is 0 Å². The molecule has 1 unspecified atom stereocenters. The summed E-state index contributed by atoms with van der Waals surface area (Å²) in [7, 11) is 3.68. The van der Waals surface area contributed by atoms with Crippen LogP contribution in [0, 0.1) is 5.41 Å². The molecule has 0 bridgehead atoms. The van der Waals surface area contributed by atoms with Gasteiger partial charge >= 0.3 is 0 Å². The van der Waals surface area contributed by atoms with Crippen LogP contribution in [0.1, 0.15) is 37.6 Å². The molecule has 1 aromatic rings. The van der Waals surface area contributed by atoms with Gasteiger partial charge in [0.15, 0.2) is 0 Å². The zero-order valence-electron chi connectivity index (χ0n) is 13.3. The van der Waals surface area contributed by atoms with Gasteiger partial charge in [-0.25, -0.2) is 4.98 Å². The predicted molar refractivity (Wildman–Crippen MR) is 86.0 cm³/mol. The monoisotopic (exact) mass is 313 g/mol. The van der Waals surface area contributed by atoms with E-state index in [-0.39, 0.29) is 16.5 Å². The number of hydrogen-bond acceptors (Lipinski definition) is 4. The number of amides is 1. The molecule has 0 fully saturated rings. The predicted octanol–water partition coefficient (Wildman–Crippen LogP) is 2.33. The number of aromatic nitrogens is 1. The third-order valence-electron chi connectivity index (χ3n) is 3.08. The number of aliphatic hydroxyl groups excluding tert-OH is 1. The Morgan fingerprint density at radius 2 is 2.10 bits per heavy atom. The van der Waals surface area contributed by atoms with Crippen LogP contribution in [0.2, 0.25) is 5.15 Å². The van der Waals surface area contributed by atoms with Crippen LogP contribution in [0.4, 0.5) is 5.82 Å². The number of aliphatic hydroxyl groups is 1. The Morgan fingerprint density at radius 1 is 1.48 bits per heavy atom. The second-order valence-corrected chi connectivity index (χ2v) is 6.72. The Labute approximate surface area is 131 Å². The summed E-state index contributed by atoms with van der Waals surface area (Å²) in [6.07, 6.45) is 0.223. The van der Waals surface area contributed by atoms with Gasteiger partial charge in [0.05, 0.1) is 6.10 Å². The molecule has 6 heteroatoms. The van der Waals surface area contributed by atoms with E-state index in [1.165, 1.54) is 0 Å². The van der Waals surface area contributed by atoms with Gasteiger partial charge in [-0.15, -0.1) is 0 Å². The average molecular weight is 314 g/mol. The molecule has 0 radical (unpaired) electrons. The highest BCUT2D eigenvalue weighted by molar-refractivity contribution is 6.29. The maximum Gasteiger partial charge on any atom is 0.251 e. The maximum absolute atomic E-state index is 12.2. The Morgan fingerprint density at radius 3 is 2.62 bits per heavy atom. The number of halogens is 1. The van der Waals surface area contributed by atoms with Crippen molar-refractivity contribution < 1.29 is 9.90 Å². The summed E-state index contributed by atoms with van der Waals surface area (Å²) in [4.78, 5) is 18.2. The van der Waals surface area contributed by atoms with E-state index in [0.29, 0.717) is 24.3 Å². The van der Waals surface area contributed by atoms with Gasteiger partial charge < -0.3 is 15.3 Å². The number of carbonyl (C=O) groups excluding carboxylic acids is 1. The van der Waals surface area contributed by atoms with Crippen molar-refractivity contribution in [1.29, 1.82) is 0 Å². The number of rotatable bonds is 6. The lowest BCUT2D eigenvalue weighted by atomic mass is 9.87. The number of anilines is 1. The van der Waals surface area contributed by atoms with E-state index in [2.05, 4.69) is 10.3 Å². The molecule has 0 saturated carbocycles. The van der Waals surface area contributed by atoms with Crippen molar-refractivity contribution in [1.82, 2.24) is 10.3 Å². The van der Waals surface area contributed by atoms with Gasteiger partial charge in [-0.1, -0.05) is 25.4 Å². The number of nitrogens with one attached hydrogen (secondary N) is 1. The third-order valence-corrected chi connectivity index (χ3v) is 3.27. The molecule has 1 heterocycles. The molecule has 1 atom stereocenters. The molecule has 5 nitrogen and oxygen atoms in total. The lowest BCUT2D eigenvalue weighted by molar-refractivity contribution is 0.0902. The van der Waals surface area contributed by atoms with Crippen molar-refractivity contribution in [2.24, 2.45) is 5.41 Å². The van der Waals surface area contributed by atoms with Crippen molar-refractivity contribution in [3.8, 4) is 0 Å². The Bertz CT molecular complexity index is 502. The van der Waals surface area contributed by atoms with Crippen LogP contribution in [0.3, 0.4) is 0 Å². The highest BCUT2D eigenvalue weighted by atomic mass is 35.5. The number of carbonyl (C=O) groups is 1. The fraction of sp³-hybridized carbons (Fsp3) is 0.600. The Kier molecular flexibility index (Phi) is 5.98. The Hall–Kier alpha value is -1.33. The molecule has 0 aliphatic heterocycles. The molecule has 1 aromatic heterocycles. The molecule has 0 aromatic carbocycles. The van der Waals surface area contributed by atoms with Crippen LogP contribution in [0.5, 0.6) is 0 Å². The fourth-order valence-corrected chi connectivity index (χ4v) is 2.34. The zero-order chi connectivity index (χ0) is 16.2. The third kappa shape index (κ3) is 5.89. The highest BCUT2D eigenvalue weighted by Crippen LogP contribution is 2.22. The van der Waals surface area contributed by atoms with Crippen molar-refractivity contribution in [3.63, 3.8) is 0 Å². The van der Waals surface area contributed by atoms with E-state index in [1.807, 2.05) is 27.9 Å². The van der Waals surface area contributed by atoms with Crippen molar-refractivity contribution in [2.45, 2.75) is 33.3 Å². The van der Waals surface area contributed by atoms with Gasteiger partial charge in [0, 0.05) is 26.2 Å².